The maximum Gasteiger partial charge on any atom is 0.338 e. The lowest BCUT2D eigenvalue weighted by molar-refractivity contribution is 0.0474. The summed E-state index contributed by atoms with van der Waals surface area (Å²) in [4.78, 5) is 30.5. The first-order valence-corrected chi connectivity index (χ1v) is 19.1. The maximum absolute atomic E-state index is 14.5. The Hall–Kier alpha value is -6.52. The van der Waals surface area contributed by atoms with Crippen LogP contribution in [-0.2, 0) is 15.6 Å². The molecule has 2 aliphatic rings. The first kappa shape index (κ1) is 34.3. The first-order chi connectivity index (χ1) is 27.1. The van der Waals surface area contributed by atoms with Crippen molar-refractivity contribution in [3.8, 4) is 11.1 Å². The van der Waals surface area contributed by atoms with Crippen LogP contribution in [0.2, 0.25) is 0 Å². The van der Waals surface area contributed by atoms with Gasteiger partial charge in [-0.3, -0.25) is 4.79 Å². The Morgan fingerprint density at radius 3 is 1.27 bits per heavy atom. The normalized spacial score (nSPS) is 15.1. The summed E-state index contributed by atoms with van der Waals surface area (Å²) in [6.07, 6.45) is 1.68. The standard InChI is InChI=1S/C51H41NO3/c53-47(39-28-26-38(27-29-39)37-16-6-1-7-17-37)36-55-49(54)40-34-45-48-46(35-40)51(43-22-12-4-13-23-43,44-24-14-5-15-25-44)31-33-52(48)32-30-50(45,41-18-8-2-9-19-41)42-20-10-3-11-21-42/h1-29,34-35H,30-33,36H2. The Morgan fingerprint density at radius 2 is 0.855 bits per heavy atom. The number of ketones is 1. The summed E-state index contributed by atoms with van der Waals surface area (Å²) in [7, 11) is 0. The minimum absolute atomic E-state index is 0.246. The van der Waals surface area contributed by atoms with E-state index in [0.29, 0.717) is 11.1 Å². The average molecular weight is 716 g/mol. The lowest BCUT2D eigenvalue weighted by Gasteiger charge is -2.52. The molecule has 0 saturated carbocycles. The summed E-state index contributed by atoms with van der Waals surface area (Å²) >= 11 is 0. The topological polar surface area (TPSA) is 46.6 Å². The summed E-state index contributed by atoms with van der Waals surface area (Å²) < 4.78 is 5.95. The molecule has 0 bridgehead atoms. The highest BCUT2D eigenvalue weighted by Gasteiger charge is 2.50. The van der Waals surface area contributed by atoms with Gasteiger partial charge in [0.25, 0.3) is 0 Å². The predicted molar refractivity (Wildman–Crippen MR) is 220 cm³/mol. The van der Waals surface area contributed by atoms with Gasteiger partial charge in [-0.25, -0.2) is 4.79 Å². The largest absolute Gasteiger partial charge is 0.454 e. The van der Waals surface area contributed by atoms with Gasteiger partial charge in [-0.15, -0.1) is 0 Å². The van der Waals surface area contributed by atoms with Crippen LogP contribution in [-0.4, -0.2) is 31.4 Å². The fraction of sp³-hybridized carbons (Fsp3) is 0.137. The van der Waals surface area contributed by atoms with Crippen molar-refractivity contribution < 1.29 is 14.3 Å². The van der Waals surface area contributed by atoms with Crippen LogP contribution in [0.25, 0.3) is 11.1 Å². The van der Waals surface area contributed by atoms with E-state index in [4.69, 9.17) is 4.74 Å². The number of carbonyl (C=O) groups excluding carboxylic acids is 2. The zero-order valence-electron chi connectivity index (χ0n) is 30.6. The molecule has 0 fully saturated rings. The number of carbonyl (C=O) groups is 2. The van der Waals surface area contributed by atoms with E-state index in [1.165, 1.54) is 27.9 Å². The molecule has 0 atom stereocenters. The Kier molecular flexibility index (Phi) is 8.95. The third-order valence-corrected chi connectivity index (χ3v) is 11.8. The Balaban J connectivity index is 1.20. The number of anilines is 1. The fourth-order valence-electron chi connectivity index (χ4n) is 9.15. The molecule has 0 unspecified atom stereocenters. The molecule has 7 aromatic carbocycles. The van der Waals surface area contributed by atoms with Crippen molar-refractivity contribution in [2.75, 3.05) is 24.6 Å². The van der Waals surface area contributed by atoms with E-state index in [1.807, 2.05) is 42.5 Å². The molecule has 4 nitrogen and oxygen atoms in total. The van der Waals surface area contributed by atoms with Gasteiger partial charge in [-0.05, 0) is 69.5 Å². The molecule has 4 heteroatoms. The van der Waals surface area contributed by atoms with E-state index in [2.05, 4.69) is 138 Å². The molecule has 2 aliphatic heterocycles. The molecule has 9 rings (SSSR count). The van der Waals surface area contributed by atoms with Crippen molar-refractivity contribution >= 4 is 17.4 Å². The summed E-state index contributed by atoms with van der Waals surface area (Å²) in [6, 6.07) is 64.4. The van der Waals surface area contributed by atoms with Crippen LogP contribution < -0.4 is 4.90 Å². The SMILES string of the molecule is O=C(COC(=O)c1cc2c3c(c1)C(c1ccccc1)(c1ccccc1)CCN3CCC2(c1ccccc1)c1ccccc1)c1ccc(-c2ccccc2)cc1. The quantitative estimate of drug-likeness (QED) is 0.110. The van der Waals surface area contributed by atoms with Crippen molar-refractivity contribution in [1.29, 1.82) is 0 Å². The molecule has 268 valence electrons. The number of hydrogen-bond acceptors (Lipinski definition) is 4. The summed E-state index contributed by atoms with van der Waals surface area (Å²) in [5.41, 5.74) is 10.0. The van der Waals surface area contributed by atoms with Gasteiger partial charge in [0.15, 0.2) is 12.4 Å². The maximum atomic E-state index is 14.5. The molecule has 0 aliphatic carbocycles. The van der Waals surface area contributed by atoms with Crippen molar-refractivity contribution in [3.63, 3.8) is 0 Å². The van der Waals surface area contributed by atoms with Gasteiger partial charge in [-0.1, -0.05) is 176 Å². The number of benzene rings is 7. The molecule has 0 amide bonds. The fourth-order valence-corrected chi connectivity index (χ4v) is 9.15. The summed E-state index contributed by atoms with van der Waals surface area (Å²) in [6.45, 7) is 1.38. The lowest BCUT2D eigenvalue weighted by Crippen LogP contribution is -2.49. The molecule has 55 heavy (non-hydrogen) atoms. The van der Waals surface area contributed by atoms with Gasteiger partial charge in [0, 0.05) is 35.2 Å². The average Bonchev–Trinajstić information content (AvgIpc) is 3.27. The second kappa shape index (κ2) is 14.4. The number of hydrogen-bond donors (Lipinski definition) is 0. The van der Waals surface area contributed by atoms with Gasteiger partial charge in [-0.2, -0.15) is 0 Å². The van der Waals surface area contributed by atoms with E-state index in [1.54, 1.807) is 12.1 Å². The summed E-state index contributed by atoms with van der Waals surface area (Å²) in [5.74, 6) is -0.759. The monoisotopic (exact) mass is 715 g/mol. The minimum atomic E-state index is -0.536. The second-order valence-electron chi connectivity index (χ2n) is 14.6. The van der Waals surface area contributed by atoms with Crippen molar-refractivity contribution in [2.45, 2.75) is 23.7 Å². The molecule has 0 aromatic heterocycles. The number of nitrogens with zero attached hydrogens (tertiary/aromatic N) is 1. The zero-order chi connectivity index (χ0) is 37.2. The minimum Gasteiger partial charge on any atom is -0.454 e. The van der Waals surface area contributed by atoms with E-state index in [-0.39, 0.29) is 12.4 Å². The van der Waals surface area contributed by atoms with Crippen LogP contribution in [0.3, 0.4) is 0 Å². The van der Waals surface area contributed by atoms with E-state index in [0.717, 1.165) is 48.2 Å². The molecule has 0 saturated heterocycles. The molecular formula is C51H41NO3. The van der Waals surface area contributed by atoms with Crippen LogP contribution >= 0.6 is 0 Å². The van der Waals surface area contributed by atoms with Gasteiger partial charge in [0.05, 0.1) is 5.56 Å². The van der Waals surface area contributed by atoms with Crippen LogP contribution in [0.5, 0.6) is 0 Å². The smallest absolute Gasteiger partial charge is 0.338 e. The summed E-state index contributed by atoms with van der Waals surface area (Å²) in [5, 5.41) is 0. The first-order valence-electron chi connectivity index (χ1n) is 19.1. The molecule has 2 heterocycles. The van der Waals surface area contributed by atoms with Crippen molar-refractivity contribution in [1.82, 2.24) is 0 Å². The van der Waals surface area contributed by atoms with Crippen molar-refractivity contribution in [3.05, 3.63) is 233 Å². The highest BCUT2D eigenvalue weighted by molar-refractivity contribution is 6.00. The highest BCUT2D eigenvalue weighted by atomic mass is 16.5. The number of rotatable bonds is 9. The molecule has 0 N–H and O–H groups in total. The Bertz CT molecular complexity index is 2250. The Labute approximate surface area is 322 Å². The van der Waals surface area contributed by atoms with Gasteiger partial charge >= 0.3 is 5.97 Å². The van der Waals surface area contributed by atoms with E-state index < -0.39 is 16.8 Å². The second-order valence-corrected chi connectivity index (χ2v) is 14.6. The molecular weight excluding hydrogens is 675 g/mol. The molecule has 0 radical (unpaired) electrons. The third-order valence-electron chi connectivity index (χ3n) is 11.8. The number of esters is 1. The van der Waals surface area contributed by atoms with Gasteiger partial charge in [0.1, 0.15) is 0 Å². The van der Waals surface area contributed by atoms with Crippen LogP contribution in [0, 0.1) is 0 Å². The number of ether oxygens (including phenoxy) is 1. The zero-order valence-corrected chi connectivity index (χ0v) is 30.6. The predicted octanol–water partition coefficient (Wildman–Crippen LogP) is 10.7. The Morgan fingerprint density at radius 1 is 0.473 bits per heavy atom. The van der Waals surface area contributed by atoms with Crippen LogP contribution in [0.1, 0.15) is 66.9 Å². The third kappa shape index (κ3) is 5.95. The van der Waals surface area contributed by atoms with E-state index >= 15 is 0 Å². The number of Topliss-reactive ketones (excluding diaryl/α,β-unsaturated/α-hetero) is 1. The van der Waals surface area contributed by atoms with Crippen LogP contribution in [0.4, 0.5) is 5.69 Å². The van der Waals surface area contributed by atoms with Gasteiger partial charge in [0.2, 0.25) is 0 Å². The molecule has 7 aromatic rings. The van der Waals surface area contributed by atoms with Crippen molar-refractivity contribution in [2.24, 2.45) is 0 Å². The highest BCUT2D eigenvalue weighted by Crippen LogP contribution is 2.57. The van der Waals surface area contributed by atoms with Gasteiger partial charge < -0.3 is 9.64 Å². The van der Waals surface area contributed by atoms with Crippen LogP contribution in [0.15, 0.2) is 188 Å². The molecule has 0 spiro atoms. The van der Waals surface area contributed by atoms with E-state index in [9.17, 15) is 9.59 Å². The lowest BCUT2D eigenvalue weighted by atomic mass is 9.59.